The van der Waals surface area contributed by atoms with Crippen molar-refractivity contribution < 1.29 is 24.2 Å². The number of aliphatic hydroxyl groups excluding tert-OH is 1. The Balaban J connectivity index is 3.74. The van der Waals surface area contributed by atoms with E-state index < -0.39 is 6.10 Å². The van der Waals surface area contributed by atoms with Gasteiger partial charge in [-0.2, -0.15) is 0 Å². The maximum Gasteiger partial charge on any atom is 0.306 e. The zero-order valence-corrected chi connectivity index (χ0v) is 30.7. The Hall–Kier alpha value is -2.92. The summed E-state index contributed by atoms with van der Waals surface area (Å²) < 4.78 is 10.5. The second kappa shape index (κ2) is 38.5. The minimum Gasteiger partial charge on any atom is -0.462 e. The smallest absolute Gasteiger partial charge is 0.306 e. The number of aliphatic hydroxyl groups is 1. The summed E-state index contributed by atoms with van der Waals surface area (Å²) in [6, 6.07) is 0. The van der Waals surface area contributed by atoms with Crippen LogP contribution >= 0.6 is 0 Å². The first-order valence-electron chi connectivity index (χ1n) is 19.1. The van der Waals surface area contributed by atoms with Crippen LogP contribution in [0, 0.1) is 0 Å². The summed E-state index contributed by atoms with van der Waals surface area (Å²) in [4.78, 5) is 24.2. The third kappa shape index (κ3) is 35.9. The summed E-state index contributed by atoms with van der Waals surface area (Å²) in [6.07, 6.45) is 52.1. The standard InChI is InChI=1S/C43H70O5/c1-3-5-7-9-11-13-15-17-19-21-23-25-27-29-31-33-35-37-42(45)47-40-41(39-44)48-43(46)38-36-34-32-30-28-26-24-22-20-18-16-14-12-10-8-6-4-2/h11-14,17-20,23-26,30,32,41,44H,3-10,15-16,21-22,27-29,31,33-40H2,1-2H3/t41-/m0/s1. The molecule has 0 fully saturated rings. The zero-order chi connectivity index (χ0) is 35.0. The monoisotopic (exact) mass is 667 g/mol. The van der Waals surface area contributed by atoms with E-state index in [-0.39, 0.29) is 31.6 Å². The van der Waals surface area contributed by atoms with Crippen molar-refractivity contribution in [3.05, 3.63) is 85.1 Å². The molecule has 0 rings (SSSR count). The van der Waals surface area contributed by atoms with Crippen LogP contribution in [0.2, 0.25) is 0 Å². The van der Waals surface area contributed by atoms with Gasteiger partial charge in [-0.3, -0.25) is 9.59 Å². The molecular weight excluding hydrogens is 596 g/mol. The van der Waals surface area contributed by atoms with Gasteiger partial charge in [0.25, 0.3) is 0 Å². The van der Waals surface area contributed by atoms with Crippen molar-refractivity contribution in [1.82, 2.24) is 0 Å². The third-order valence-electron chi connectivity index (χ3n) is 7.66. The highest BCUT2D eigenvalue weighted by Gasteiger charge is 2.15. The van der Waals surface area contributed by atoms with Crippen LogP contribution in [0.15, 0.2) is 85.1 Å². The van der Waals surface area contributed by atoms with Gasteiger partial charge in [-0.25, -0.2) is 0 Å². The second-order valence-electron chi connectivity index (χ2n) is 12.3. The predicted octanol–water partition coefficient (Wildman–Crippen LogP) is 11.9. The molecule has 0 aromatic heterocycles. The summed E-state index contributed by atoms with van der Waals surface area (Å²) in [5.41, 5.74) is 0. The Labute approximate surface area is 295 Å². The molecule has 0 aliphatic rings. The molecule has 0 unspecified atom stereocenters. The van der Waals surface area contributed by atoms with Crippen LogP contribution < -0.4 is 0 Å². The van der Waals surface area contributed by atoms with Gasteiger partial charge in [0.05, 0.1) is 6.61 Å². The average Bonchev–Trinajstić information content (AvgIpc) is 3.09. The van der Waals surface area contributed by atoms with E-state index in [1.54, 1.807) is 0 Å². The van der Waals surface area contributed by atoms with Crippen LogP contribution in [-0.2, 0) is 19.1 Å². The number of carbonyl (C=O) groups excluding carboxylic acids is 2. The molecule has 0 saturated carbocycles. The third-order valence-corrected chi connectivity index (χ3v) is 7.66. The maximum atomic E-state index is 12.1. The van der Waals surface area contributed by atoms with Crippen molar-refractivity contribution in [2.24, 2.45) is 0 Å². The molecule has 272 valence electrons. The lowest BCUT2D eigenvalue weighted by Crippen LogP contribution is -2.28. The van der Waals surface area contributed by atoms with E-state index in [1.807, 2.05) is 0 Å². The molecule has 0 aromatic rings. The Morgan fingerprint density at radius 3 is 1.29 bits per heavy atom. The molecule has 0 bridgehead atoms. The Morgan fingerprint density at radius 2 is 0.854 bits per heavy atom. The largest absolute Gasteiger partial charge is 0.462 e. The summed E-state index contributed by atoms with van der Waals surface area (Å²) in [5, 5.41) is 9.54. The number of rotatable bonds is 33. The fourth-order valence-electron chi connectivity index (χ4n) is 4.73. The zero-order valence-electron chi connectivity index (χ0n) is 30.7. The number of carbonyl (C=O) groups is 2. The SMILES string of the molecule is CCCCCC=CCC=CCC=CCC=CCCCC(=O)O[C@@H](CO)COC(=O)CCCCCCC=CCC=CCC=CCCCCC. The second-order valence-corrected chi connectivity index (χ2v) is 12.3. The first-order chi connectivity index (χ1) is 23.6. The Bertz CT molecular complexity index is 937. The van der Waals surface area contributed by atoms with Gasteiger partial charge in [0.2, 0.25) is 0 Å². The molecular formula is C43H70O5. The lowest BCUT2D eigenvalue weighted by atomic mass is 10.1. The van der Waals surface area contributed by atoms with Crippen LogP contribution in [0.1, 0.15) is 155 Å². The van der Waals surface area contributed by atoms with E-state index >= 15 is 0 Å². The van der Waals surface area contributed by atoms with Crippen LogP contribution in [0.25, 0.3) is 0 Å². The lowest BCUT2D eigenvalue weighted by Gasteiger charge is -2.15. The Morgan fingerprint density at radius 1 is 0.479 bits per heavy atom. The normalized spacial score (nSPS) is 13.1. The fraction of sp³-hybridized carbons (Fsp3) is 0.628. The highest BCUT2D eigenvalue weighted by Crippen LogP contribution is 2.09. The topological polar surface area (TPSA) is 72.8 Å². The van der Waals surface area contributed by atoms with Crippen LogP contribution in [0.3, 0.4) is 0 Å². The van der Waals surface area contributed by atoms with Crippen molar-refractivity contribution in [3.63, 3.8) is 0 Å². The quantitative estimate of drug-likeness (QED) is 0.0429. The first kappa shape index (κ1) is 45.1. The molecule has 0 aromatic carbocycles. The highest BCUT2D eigenvalue weighted by molar-refractivity contribution is 5.70. The van der Waals surface area contributed by atoms with Gasteiger partial charge in [0.1, 0.15) is 6.61 Å². The number of esters is 2. The minimum atomic E-state index is -0.813. The van der Waals surface area contributed by atoms with Gasteiger partial charge in [-0.15, -0.1) is 0 Å². The van der Waals surface area contributed by atoms with Gasteiger partial charge < -0.3 is 14.6 Å². The summed E-state index contributed by atoms with van der Waals surface area (Å²) in [7, 11) is 0. The average molecular weight is 667 g/mol. The van der Waals surface area contributed by atoms with Gasteiger partial charge in [0, 0.05) is 12.8 Å². The first-order valence-corrected chi connectivity index (χ1v) is 19.1. The van der Waals surface area contributed by atoms with Gasteiger partial charge in [0.15, 0.2) is 6.10 Å². The van der Waals surface area contributed by atoms with Crippen LogP contribution in [0.5, 0.6) is 0 Å². The molecule has 0 aliphatic heterocycles. The molecule has 48 heavy (non-hydrogen) atoms. The predicted molar refractivity (Wildman–Crippen MR) is 205 cm³/mol. The van der Waals surface area contributed by atoms with Gasteiger partial charge in [-0.1, -0.05) is 137 Å². The van der Waals surface area contributed by atoms with Crippen molar-refractivity contribution in [3.8, 4) is 0 Å². The van der Waals surface area contributed by atoms with E-state index in [0.29, 0.717) is 12.8 Å². The van der Waals surface area contributed by atoms with E-state index in [9.17, 15) is 14.7 Å². The van der Waals surface area contributed by atoms with Crippen molar-refractivity contribution in [1.29, 1.82) is 0 Å². The molecule has 5 heteroatoms. The van der Waals surface area contributed by atoms with Crippen LogP contribution in [0.4, 0.5) is 0 Å². The van der Waals surface area contributed by atoms with Crippen molar-refractivity contribution in [2.45, 2.75) is 161 Å². The summed E-state index contributed by atoms with van der Waals surface area (Å²) in [5.74, 6) is -0.691. The number of ether oxygens (including phenoxy) is 2. The molecule has 1 atom stereocenters. The number of allylic oxidation sites excluding steroid dienone is 14. The molecule has 5 nitrogen and oxygen atoms in total. The summed E-state index contributed by atoms with van der Waals surface area (Å²) >= 11 is 0. The molecule has 1 N–H and O–H groups in total. The maximum absolute atomic E-state index is 12.1. The molecule has 0 radical (unpaired) electrons. The summed E-state index contributed by atoms with van der Waals surface area (Å²) in [6.45, 7) is 3.99. The molecule has 0 spiro atoms. The lowest BCUT2D eigenvalue weighted by molar-refractivity contribution is -0.161. The highest BCUT2D eigenvalue weighted by atomic mass is 16.6. The van der Waals surface area contributed by atoms with Gasteiger partial charge in [-0.05, 0) is 89.9 Å². The van der Waals surface area contributed by atoms with Gasteiger partial charge >= 0.3 is 11.9 Å². The number of hydrogen-bond acceptors (Lipinski definition) is 5. The van der Waals surface area contributed by atoms with Crippen molar-refractivity contribution in [2.75, 3.05) is 13.2 Å². The molecule has 0 amide bonds. The molecule has 0 saturated heterocycles. The van der Waals surface area contributed by atoms with E-state index in [1.165, 1.54) is 51.4 Å². The molecule has 0 aliphatic carbocycles. The van der Waals surface area contributed by atoms with E-state index in [0.717, 1.165) is 70.6 Å². The Kier molecular flexibility index (Phi) is 36.2. The van der Waals surface area contributed by atoms with E-state index in [4.69, 9.17) is 9.47 Å². The minimum absolute atomic E-state index is 0.104. The number of hydrogen-bond donors (Lipinski definition) is 1. The fourth-order valence-corrected chi connectivity index (χ4v) is 4.73. The van der Waals surface area contributed by atoms with E-state index in [2.05, 4.69) is 98.9 Å². The van der Waals surface area contributed by atoms with Crippen LogP contribution in [-0.4, -0.2) is 36.4 Å². The van der Waals surface area contributed by atoms with Crippen molar-refractivity contribution >= 4 is 11.9 Å². The number of unbranched alkanes of at least 4 members (excludes halogenated alkanes) is 11. The molecule has 0 heterocycles.